The van der Waals surface area contributed by atoms with Gasteiger partial charge < -0.3 is 16.2 Å². The van der Waals surface area contributed by atoms with Gasteiger partial charge in [0.2, 0.25) is 0 Å². The van der Waals surface area contributed by atoms with Gasteiger partial charge >= 0.3 is 5.97 Å². The molecule has 4 heteroatoms. The van der Waals surface area contributed by atoms with Gasteiger partial charge in [0.05, 0.1) is 5.92 Å². The van der Waals surface area contributed by atoms with E-state index >= 15 is 0 Å². The number of carboxylic acid groups (broad SMARTS) is 1. The molecule has 1 atom stereocenters. The Morgan fingerprint density at radius 2 is 2.06 bits per heavy atom. The third kappa shape index (κ3) is 2.71. The van der Waals surface area contributed by atoms with E-state index in [0.717, 1.165) is 37.1 Å². The highest BCUT2D eigenvalue weighted by Crippen LogP contribution is 2.31. The maximum absolute atomic E-state index is 11.3. The van der Waals surface area contributed by atoms with Crippen molar-refractivity contribution >= 4 is 5.97 Å². The topological polar surface area (TPSA) is 75.4 Å². The molecule has 1 fully saturated rings. The van der Waals surface area contributed by atoms with Crippen molar-refractivity contribution < 1.29 is 9.90 Å². The number of nitrogens with one attached hydrogen (secondary N) is 1. The summed E-state index contributed by atoms with van der Waals surface area (Å²) in [6, 6.07) is 7.84. The molecule has 1 unspecified atom stereocenters. The molecular formula is C14H20N2O2. The van der Waals surface area contributed by atoms with E-state index < -0.39 is 11.9 Å². The Kier molecular flexibility index (Phi) is 4.33. The Hall–Kier alpha value is -1.39. The first-order valence-corrected chi connectivity index (χ1v) is 6.46. The molecule has 1 aromatic carbocycles. The van der Waals surface area contributed by atoms with E-state index in [1.165, 1.54) is 0 Å². The third-order valence-corrected chi connectivity index (χ3v) is 3.68. The van der Waals surface area contributed by atoms with Gasteiger partial charge in [-0.25, -0.2) is 0 Å². The van der Waals surface area contributed by atoms with Gasteiger partial charge in [0.15, 0.2) is 0 Å². The van der Waals surface area contributed by atoms with Gasteiger partial charge in [-0.05, 0) is 43.0 Å². The van der Waals surface area contributed by atoms with Crippen molar-refractivity contribution in [1.29, 1.82) is 0 Å². The Bertz CT molecular complexity index is 414. The average Bonchev–Trinajstić information content (AvgIpc) is 2.41. The Morgan fingerprint density at radius 1 is 1.39 bits per heavy atom. The van der Waals surface area contributed by atoms with E-state index in [9.17, 15) is 9.90 Å². The lowest BCUT2D eigenvalue weighted by atomic mass is 9.83. The van der Waals surface area contributed by atoms with E-state index in [0.29, 0.717) is 5.92 Å². The zero-order chi connectivity index (χ0) is 13.0. The highest BCUT2D eigenvalue weighted by atomic mass is 16.4. The summed E-state index contributed by atoms with van der Waals surface area (Å²) in [4.78, 5) is 11.3. The Morgan fingerprint density at radius 3 is 2.67 bits per heavy atom. The first-order chi connectivity index (χ1) is 8.74. The van der Waals surface area contributed by atoms with E-state index in [2.05, 4.69) is 11.4 Å². The standard InChI is InChI=1S/C14H20N2O2/c15-9-13(14(17)18)12-4-2-1-3-11(12)10-5-7-16-8-6-10/h1-4,10,13,16H,5-9,15H2,(H,17,18). The summed E-state index contributed by atoms with van der Waals surface area (Å²) >= 11 is 0. The average molecular weight is 248 g/mol. The Balaban J connectivity index is 2.31. The fraction of sp³-hybridized carbons (Fsp3) is 0.500. The van der Waals surface area contributed by atoms with Crippen molar-refractivity contribution in [3.05, 3.63) is 35.4 Å². The van der Waals surface area contributed by atoms with Crippen molar-refractivity contribution in [2.24, 2.45) is 5.73 Å². The van der Waals surface area contributed by atoms with Gasteiger partial charge in [0.25, 0.3) is 0 Å². The highest BCUT2D eigenvalue weighted by Gasteiger charge is 2.25. The number of piperidine rings is 1. The zero-order valence-electron chi connectivity index (χ0n) is 10.4. The molecule has 4 N–H and O–H groups in total. The number of carboxylic acids is 1. The number of hydrogen-bond acceptors (Lipinski definition) is 3. The van der Waals surface area contributed by atoms with Crippen LogP contribution in [0, 0.1) is 0 Å². The number of rotatable bonds is 4. The first kappa shape index (κ1) is 13.1. The lowest BCUT2D eigenvalue weighted by Crippen LogP contribution is -2.28. The van der Waals surface area contributed by atoms with E-state index in [1.54, 1.807) is 0 Å². The first-order valence-electron chi connectivity index (χ1n) is 6.46. The van der Waals surface area contributed by atoms with Gasteiger partial charge in [-0.2, -0.15) is 0 Å². The van der Waals surface area contributed by atoms with Crippen LogP contribution in [0.25, 0.3) is 0 Å². The molecular weight excluding hydrogens is 228 g/mol. The Labute approximate surface area is 107 Å². The van der Waals surface area contributed by atoms with Crippen LogP contribution in [0.2, 0.25) is 0 Å². The van der Waals surface area contributed by atoms with Crippen LogP contribution in [0.1, 0.15) is 35.8 Å². The molecule has 18 heavy (non-hydrogen) atoms. The number of hydrogen-bond donors (Lipinski definition) is 3. The van der Waals surface area contributed by atoms with Crippen LogP contribution in [0.15, 0.2) is 24.3 Å². The van der Waals surface area contributed by atoms with Crippen LogP contribution in [0.5, 0.6) is 0 Å². The summed E-state index contributed by atoms with van der Waals surface area (Å²) in [6.45, 7) is 2.15. The second-order valence-electron chi connectivity index (χ2n) is 4.78. The number of benzene rings is 1. The predicted octanol–water partition coefficient (Wildman–Crippen LogP) is 1.28. The molecule has 4 nitrogen and oxygen atoms in total. The minimum absolute atomic E-state index is 0.150. The molecule has 98 valence electrons. The summed E-state index contributed by atoms with van der Waals surface area (Å²) in [7, 11) is 0. The lowest BCUT2D eigenvalue weighted by Gasteiger charge is -2.26. The van der Waals surface area contributed by atoms with Crippen molar-refractivity contribution in [1.82, 2.24) is 5.32 Å². The molecule has 2 rings (SSSR count). The van der Waals surface area contributed by atoms with Gasteiger partial charge in [-0.15, -0.1) is 0 Å². The molecule has 0 spiro atoms. The zero-order valence-corrected chi connectivity index (χ0v) is 10.4. The van der Waals surface area contributed by atoms with E-state index in [4.69, 9.17) is 5.73 Å². The molecule has 1 aliphatic rings. The molecule has 0 radical (unpaired) electrons. The number of carbonyl (C=O) groups is 1. The molecule has 1 aliphatic heterocycles. The highest BCUT2D eigenvalue weighted by molar-refractivity contribution is 5.77. The third-order valence-electron chi connectivity index (χ3n) is 3.68. The molecule has 1 aromatic rings. The molecule has 1 saturated heterocycles. The summed E-state index contributed by atoms with van der Waals surface area (Å²) in [6.07, 6.45) is 2.13. The van der Waals surface area contributed by atoms with Crippen molar-refractivity contribution in [2.45, 2.75) is 24.7 Å². The van der Waals surface area contributed by atoms with Crippen molar-refractivity contribution in [3.63, 3.8) is 0 Å². The maximum atomic E-state index is 11.3. The van der Waals surface area contributed by atoms with Crippen molar-refractivity contribution in [3.8, 4) is 0 Å². The minimum Gasteiger partial charge on any atom is -0.481 e. The van der Waals surface area contributed by atoms with Crippen LogP contribution >= 0.6 is 0 Å². The van der Waals surface area contributed by atoms with Crippen molar-refractivity contribution in [2.75, 3.05) is 19.6 Å². The monoisotopic (exact) mass is 248 g/mol. The SMILES string of the molecule is NCC(C(=O)O)c1ccccc1C1CCNCC1. The van der Waals surface area contributed by atoms with Crippen LogP contribution in [0.3, 0.4) is 0 Å². The van der Waals surface area contributed by atoms with Gasteiger partial charge in [0, 0.05) is 6.54 Å². The lowest BCUT2D eigenvalue weighted by molar-refractivity contribution is -0.138. The fourth-order valence-electron chi connectivity index (χ4n) is 2.69. The largest absolute Gasteiger partial charge is 0.481 e. The van der Waals surface area contributed by atoms with E-state index in [1.807, 2.05) is 18.2 Å². The maximum Gasteiger partial charge on any atom is 0.312 e. The van der Waals surface area contributed by atoms with Crippen LogP contribution in [-0.4, -0.2) is 30.7 Å². The van der Waals surface area contributed by atoms with Crippen LogP contribution in [0.4, 0.5) is 0 Å². The van der Waals surface area contributed by atoms with Gasteiger partial charge in [-0.1, -0.05) is 24.3 Å². The molecule has 0 aromatic heterocycles. The summed E-state index contributed by atoms with van der Waals surface area (Å²) in [5.41, 5.74) is 7.66. The summed E-state index contributed by atoms with van der Waals surface area (Å²) in [5, 5.41) is 12.6. The number of aliphatic carboxylic acids is 1. The predicted molar refractivity (Wildman–Crippen MR) is 70.7 cm³/mol. The molecule has 0 saturated carbocycles. The smallest absolute Gasteiger partial charge is 0.312 e. The van der Waals surface area contributed by atoms with Gasteiger partial charge in [0.1, 0.15) is 0 Å². The fourth-order valence-corrected chi connectivity index (χ4v) is 2.69. The van der Waals surface area contributed by atoms with E-state index in [-0.39, 0.29) is 6.54 Å². The minimum atomic E-state index is -0.834. The number of nitrogens with two attached hydrogens (primary N) is 1. The molecule has 1 heterocycles. The summed E-state index contributed by atoms with van der Waals surface area (Å²) < 4.78 is 0. The second kappa shape index (κ2) is 5.98. The summed E-state index contributed by atoms with van der Waals surface area (Å²) in [5.74, 6) is -0.967. The quantitative estimate of drug-likeness (QED) is 0.750. The van der Waals surface area contributed by atoms with Crippen LogP contribution in [-0.2, 0) is 4.79 Å². The molecule has 0 aliphatic carbocycles. The molecule has 0 amide bonds. The second-order valence-corrected chi connectivity index (χ2v) is 4.78. The molecule has 0 bridgehead atoms. The van der Waals surface area contributed by atoms with Gasteiger partial charge in [-0.3, -0.25) is 4.79 Å². The normalized spacial score (nSPS) is 18.5. The van der Waals surface area contributed by atoms with Crippen LogP contribution < -0.4 is 11.1 Å².